The minimum atomic E-state index is 0.367. The van der Waals surface area contributed by atoms with Crippen LogP contribution in [0.5, 0.6) is 0 Å². The topological polar surface area (TPSA) is 12.0 Å². The molecule has 1 nitrogen and oxygen atoms in total. The van der Waals surface area contributed by atoms with E-state index >= 15 is 0 Å². The molecule has 1 aromatic heterocycles. The van der Waals surface area contributed by atoms with Crippen LogP contribution in [-0.2, 0) is 0 Å². The summed E-state index contributed by atoms with van der Waals surface area (Å²) < 4.78 is 0. The molecule has 0 saturated heterocycles. The second-order valence-electron chi connectivity index (χ2n) is 5.66. The van der Waals surface area contributed by atoms with E-state index in [-0.39, 0.29) is 0 Å². The molecule has 1 fully saturated rings. The maximum absolute atomic E-state index is 3.74. The van der Waals surface area contributed by atoms with Crippen molar-refractivity contribution in [3.8, 4) is 0 Å². The predicted molar refractivity (Wildman–Crippen MR) is 87.5 cm³/mol. The molecule has 1 heterocycles. The third kappa shape index (κ3) is 2.82. The van der Waals surface area contributed by atoms with Gasteiger partial charge >= 0.3 is 0 Å². The average molecular weight is 285 g/mol. The van der Waals surface area contributed by atoms with E-state index in [1.54, 1.807) is 5.56 Å². The second-order valence-corrected chi connectivity index (χ2v) is 6.64. The summed E-state index contributed by atoms with van der Waals surface area (Å²) in [5.41, 5.74) is 3.06. The van der Waals surface area contributed by atoms with E-state index in [1.807, 2.05) is 11.3 Å². The average Bonchev–Trinajstić information content (AvgIpc) is 2.93. The van der Waals surface area contributed by atoms with Crippen LogP contribution in [0.3, 0.4) is 0 Å². The van der Waals surface area contributed by atoms with Crippen LogP contribution in [0.4, 0.5) is 0 Å². The van der Waals surface area contributed by atoms with Crippen molar-refractivity contribution in [2.24, 2.45) is 0 Å². The van der Waals surface area contributed by atoms with Crippen LogP contribution in [-0.4, -0.2) is 6.54 Å². The zero-order valence-corrected chi connectivity index (χ0v) is 13.0. The number of thiophene rings is 1. The molecule has 1 saturated carbocycles. The summed E-state index contributed by atoms with van der Waals surface area (Å²) >= 11 is 1.86. The van der Waals surface area contributed by atoms with Crippen molar-refractivity contribution >= 4 is 11.3 Å². The lowest BCUT2D eigenvalue weighted by molar-refractivity contribution is 0.414. The maximum Gasteiger partial charge on any atom is 0.0673 e. The number of rotatable bonds is 6. The smallest absolute Gasteiger partial charge is 0.0673 e. The summed E-state index contributed by atoms with van der Waals surface area (Å²) in [6.07, 6.45) is 5.29. The number of hydrogen-bond donors (Lipinski definition) is 1. The summed E-state index contributed by atoms with van der Waals surface area (Å²) in [7, 11) is 0. The van der Waals surface area contributed by atoms with Gasteiger partial charge in [-0.25, -0.2) is 0 Å². The van der Waals surface area contributed by atoms with E-state index in [2.05, 4.69) is 54.0 Å². The second kappa shape index (κ2) is 6.55. The fourth-order valence-corrected chi connectivity index (χ4v) is 3.79. The number of benzene rings is 1. The minimum Gasteiger partial charge on any atom is -0.306 e. The number of hydrogen-bond acceptors (Lipinski definition) is 2. The highest BCUT2D eigenvalue weighted by molar-refractivity contribution is 7.10. The Morgan fingerprint density at radius 3 is 2.70 bits per heavy atom. The fraction of sp³-hybridized carbons (Fsp3) is 0.444. The quantitative estimate of drug-likeness (QED) is 0.778. The van der Waals surface area contributed by atoms with E-state index in [0.717, 1.165) is 12.5 Å². The Morgan fingerprint density at radius 1 is 1.20 bits per heavy atom. The van der Waals surface area contributed by atoms with Crippen LogP contribution in [0.1, 0.15) is 60.6 Å². The summed E-state index contributed by atoms with van der Waals surface area (Å²) in [5.74, 6) is 0.789. The van der Waals surface area contributed by atoms with Gasteiger partial charge in [0, 0.05) is 4.88 Å². The molecule has 1 atom stereocenters. The molecule has 2 aromatic rings. The molecule has 1 aliphatic rings. The molecule has 0 amide bonds. The van der Waals surface area contributed by atoms with Gasteiger partial charge in [0.25, 0.3) is 0 Å². The highest BCUT2D eigenvalue weighted by atomic mass is 32.1. The summed E-state index contributed by atoms with van der Waals surface area (Å²) in [6.45, 7) is 3.30. The fourth-order valence-electron chi connectivity index (χ4n) is 2.97. The van der Waals surface area contributed by atoms with Gasteiger partial charge in [0.1, 0.15) is 0 Å². The van der Waals surface area contributed by atoms with Crippen molar-refractivity contribution in [2.75, 3.05) is 6.54 Å². The van der Waals surface area contributed by atoms with Gasteiger partial charge < -0.3 is 5.32 Å². The standard InChI is InChI=1S/C18H23NS/c1-2-12-19-18(17-11-6-13-20-17)16-10-4-3-9-15(16)14-7-5-8-14/h3-4,6,9-11,13-14,18-19H,2,5,7-8,12H2,1H3. The molecular weight excluding hydrogens is 262 g/mol. The Balaban J connectivity index is 1.94. The van der Waals surface area contributed by atoms with Crippen molar-refractivity contribution in [2.45, 2.75) is 44.6 Å². The highest BCUT2D eigenvalue weighted by Crippen LogP contribution is 2.41. The van der Waals surface area contributed by atoms with Crippen LogP contribution in [0.2, 0.25) is 0 Å². The molecule has 0 spiro atoms. The van der Waals surface area contributed by atoms with E-state index in [1.165, 1.54) is 36.1 Å². The van der Waals surface area contributed by atoms with Crippen LogP contribution < -0.4 is 5.32 Å². The summed E-state index contributed by atoms with van der Waals surface area (Å²) in [5, 5.41) is 5.92. The first-order chi connectivity index (χ1) is 9.90. The van der Waals surface area contributed by atoms with Crippen molar-refractivity contribution in [1.29, 1.82) is 0 Å². The lowest BCUT2D eigenvalue weighted by Gasteiger charge is -2.30. The highest BCUT2D eigenvalue weighted by Gasteiger charge is 2.25. The van der Waals surface area contributed by atoms with Gasteiger partial charge in [0.2, 0.25) is 0 Å². The SMILES string of the molecule is CCCNC(c1cccs1)c1ccccc1C1CCC1. The van der Waals surface area contributed by atoms with Crippen molar-refractivity contribution in [3.05, 3.63) is 57.8 Å². The first kappa shape index (κ1) is 13.8. The minimum absolute atomic E-state index is 0.367. The monoisotopic (exact) mass is 285 g/mol. The van der Waals surface area contributed by atoms with Crippen LogP contribution in [0, 0.1) is 0 Å². The molecule has 3 rings (SSSR count). The zero-order valence-electron chi connectivity index (χ0n) is 12.1. The molecule has 20 heavy (non-hydrogen) atoms. The van der Waals surface area contributed by atoms with E-state index in [4.69, 9.17) is 0 Å². The van der Waals surface area contributed by atoms with Gasteiger partial charge in [-0.05, 0) is 54.3 Å². The first-order valence-corrected chi connectivity index (χ1v) is 8.63. The summed E-state index contributed by atoms with van der Waals surface area (Å²) in [6, 6.07) is 13.8. The first-order valence-electron chi connectivity index (χ1n) is 7.75. The van der Waals surface area contributed by atoms with Crippen molar-refractivity contribution in [3.63, 3.8) is 0 Å². The maximum atomic E-state index is 3.74. The largest absolute Gasteiger partial charge is 0.306 e. The van der Waals surface area contributed by atoms with Gasteiger partial charge in [0.05, 0.1) is 6.04 Å². The molecule has 0 radical (unpaired) electrons. The Bertz CT molecular complexity index is 528. The van der Waals surface area contributed by atoms with Crippen LogP contribution in [0.25, 0.3) is 0 Å². The van der Waals surface area contributed by atoms with Crippen molar-refractivity contribution in [1.82, 2.24) is 5.32 Å². The van der Waals surface area contributed by atoms with Crippen LogP contribution >= 0.6 is 11.3 Å². The summed E-state index contributed by atoms with van der Waals surface area (Å²) in [4.78, 5) is 1.44. The lowest BCUT2D eigenvalue weighted by atomic mass is 9.77. The normalized spacial score (nSPS) is 16.9. The third-order valence-electron chi connectivity index (χ3n) is 4.28. The molecule has 0 bridgehead atoms. The number of nitrogens with one attached hydrogen (secondary N) is 1. The van der Waals surface area contributed by atoms with Gasteiger partial charge in [-0.3, -0.25) is 0 Å². The predicted octanol–water partition coefficient (Wildman–Crippen LogP) is 5.10. The van der Waals surface area contributed by atoms with E-state index in [0.29, 0.717) is 6.04 Å². The Hall–Kier alpha value is -1.12. The molecule has 0 aliphatic heterocycles. The molecule has 1 aliphatic carbocycles. The van der Waals surface area contributed by atoms with Crippen molar-refractivity contribution < 1.29 is 0 Å². The molecule has 2 heteroatoms. The Kier molecular flexibility index (Phi) is 4.54. The van der Waals surface area contributed by atoms with Gasteiger partial charge in [-0.1, -0.05) is 43.7 Å². The van der Waals surface area contributed by atoms with E-state index in [9.17, 15) is 0 Å². The third-order valence-corrected chi connectivity index (χ3v) is 5.22. The Morgan fingerprint density at radius 2 is 2.05 bits per heavy atom. The van der Waals surface area contributed by atoms with Gasteiger partial charge in [-0.15, -0.1) is 11.3 Å². The molecular formula is C18H23NS. The van der Waals surface area contributed by atoms with Gasteiger partial charge in [-0.2, -0.15) is 0 Å². The zero-order chi connectivity index (χ0) is 13.8. The molecule has 1 unspecified atom stereocenters. The molecule has 1 N–H and O–H groups in total. The molecule has 1 aromatic carbocycles. The van der Waals surface area contributed by atoms with Gasteiger partial charge in [0.15, 0.2) is 0 Å². The van der Waals surface area contributed by atoms with Crippen LogP contribution in [0.15, 0.2) is 41.8 Å². The molecule has 106 valence electrons. The lowest BCUT2D eigenvalue weighted by Crippen LogP contribution is -2.24. The van der Waals surface area contributed by atoms with E-state index < -0.39 is 0 Å². The Labute approximate surface area is 126 Å².